The zero-order valence-electron chi connectivity index (χ0n) is 12.7. The van der Waals surface area contributed by atoms with E-state index >= 15 is 0 Å². The second-order valence-electron chi connectivity index (χ2n) is 4.91. The summed E-state index contributed by atoms with van der Waals surface area (Å²) >= 11 is 0. The second-order valence-corrected chi connectivity index (χ2v) is 4.91. The largest absolute Gasteiger partial charge is 0.497 e. The maximum atomic E-state index is 12.6. The van der Waals surface area contributed by atoms with Gasteiger partial charge in [-0.15, -0.1) is 0 Å². The maximum absolute atomic E-state index is 12.6. The summed E-state index contributed by atoms with van der Waals surface area (Å²) in [5, 5.41) is 0. The summed E-state index contributed by atoms with van der Waals surface area (Å²) in [6, 6.07) is 9.09. The van der Waals surface area contributed by atoms with Gasteiger partial charge in [-0.1, -0.05) is 6.92 Å². The lowest BCUT2D eigenvalue weighted by Gasteiger charge is -2.18. The van der Waals surface area contributed by atoms with Crippen LogP contribution in [0.15, 0.2) is 36.5 Å². The second kappa shape index (κ2) is 6.35. The summed E-state index contributed by atoms with van der Waals surface area (Å²) < 4.78 is 7.02. The third-order valence-corrected chi connectivity index (χ3v) is 3.37. The minimum absolute atomic E-state index is 0.0784. The fourth-order valence-electron chi connectivity index (χ4n) is 2.23. The van der Waals surface area contributed by atoms with Crippen LogP contribution in [0.2, 0.25) is 0 Å². The predicted molar refractivity (Wildman–Crippen MR) is 84.9 cm³/mol. The highest BCUT2D eigenvalue weighted by Crippen LogP contribution is 2.21. The van der Waals surface area contributed by atoms with Crippen LogP contribution in [-0.2, 0) is 6.54 Å². The number of hydrogen-bond donors (Lipinski definition) is 1. The van der Waals surface area contributed by atoms with Gasteiger partial charge >= 0.3 is 0 Å². The van der Waals surface area contributed by atoms with Crippen molar-refractivity contribution in [3.05, 3.63) is 42.2 Å². The first-order valence-corrected chi connectivity index (χ1v) is 6.94. The topological polar surface area (TPSA) is 60.5 Å². The molecule has 0 aliphatic carbocycles. The van der Waals surface area contributed by atoms with Crippen molar-refractivity contribution in [3.63, 3.8) is 0 Å². The lowest BCUT2D eigenvalue weighted by molar-refractivity contribution is 0.0984. The number of nitrogen functional groups attached to an aromatic ring is 1. The Bertz CT molecular complexity index is 617. The summed E-state index contributed by atoms with van der Waals surface area (Å²) in [5.41, 5.74) is 7.84. The highest BCUT2D eigenvalue weighted by molar-refractivity contribution is 6.05. The number of benzene rings is 1. The molecule has 21 heavy (non-hydrogen) atoms. The number of methoxy groups -OCH3 is 1. The van der Waals surface area contributed by atoms with Gasteiger partial charge in [-0.2, -0.15) is 0 Å². The molecule has 0 aliphatic rings. The van der Waals surface area contributed by atoms with E-state index in [0.717, 1.165) is 24.4 Å². The standard InChI is InChI=1S/C16H21N3O2/c1-4-9-19-11-12(17)10-15(19)16(20)18(2)13-5-7-14(21-3)8-6-13/h5-8,10-11H,4,9,17H2,1-3H3. The van der Waals surface area contributed by atoms with Gasteiger partial charge in [-0.25, -0.2) is 0 Å². The van der Waals surface area contributed by atoms with Crippen LogP contribution >= 0.6 is 0 Å². The van der Waals surface area contributed by atoms with Crippen molar-refractivity contribution in [1.82, 2.24) is 4.57 Å². The van der Waals surface area contributed by atoms with Crippen LogP contribution in [0.3, 0.4) is 0 Å². The number of nitrogens with zero attached hydrogens (tertiary/aromatic N) is 2. The molecule has 2 N–H and O–H groups in total. The summed E-state index contributed by atoms with van der Waals surface area (Å²) in [5.74, 6) is 0.684. The van der Waals surface area contributed by atoms with Gasteiger partial charge in [-0.05, 0) is 36.8 Å². The molecule has 1 amide bonds. The van der Waals surface area contributed by atoms with Gasteiger partial charge in [0.15, 0.2) is 0 Å². The molecule has 1 aromatic carbocycles. The average molecular weight is 287 g/mol. The van der Waals surface area contributed by atoms with E-state index < -0.39 is 0 Å². The predicted octanol–water partition coefficient (Wildman–Crippen LogP) is 2.77. The highest BCUT2D eigenvalue weighted by Gasteiger charge is 2.18. The van der Waals surface area contributed by atoms with Crippen LogP contribution in [0.4, 0.5) is 11.4 Å². The number of aryl methyl sites for hydroxylation is 1. The highest BCUT2D eigenvalue weighted by atomic mass is 16.5. The number of ether oxygens (including phenoxy) is 1. The number of rotatable bonds is 5. The van der Waals surface area contributed by atoms with Crippen LogP contribution < -0.4 is 15.4 Å². The van der Waals surface area contributed by atoms with Crippen LogP contribution in [0.1, 0.15) is 23.8 Å². The summed E-state index contributed by atoms with van der Waals surface area (Å²) in [4.78, 5) is 14.2. The van der Waals surface area contributed by atoms with Gasteiger partial charge in [0.2, 0.25) is 0 Å². The Morgan fingerprint density at radius 2 is 2.00 bits per heavy atom. The van der Waals surface area contributed by atoms with E-state index in [1.165, 1.54) is 0 Å². The Morgan fingerprint density at radius 3 is 2.57 bits per heavy atom. The smallest absolute Gasteiger partial charge is 0.274 e. The van der Waals surface area contributed by atoms with E-state index in [4.69, 9.17) is 10.5 Å². The number of amides is 1. The molecule has 0 bridgehead atoms. The molecular weight excluding hydrogens is 266 g/mol. The lowest BCUT2D eigenvalue weighted by Crippen LogP contribution is -2.28. The first-order chi connectivity index (χ1) is 10.1. The molecule has 0 radical (unpaired) electrons. The fraction of sp³-hybridized carbons (Fsp3) is 0.312. The van der Waals surface area contributed by atoms with E-state index in [1.54, 1.807) is 31.3 Å². The molecule has 112 valence electrons. The molecule has 0 aliphatic heterocycles. The number of aromatic nitrogens is 1. The Balaban J connectivity index is 2.25. The molecule has 2 rings (SSSR count). The third kappa shape index (κ3) is 3.18. The van der Waals surface area contributed by atoms with Gasteiger partial charge < -0.3 is 19.9 Å². The van der Waals surface area contributed by atoms with Gasteiger partial charge in [0.25, 0.3) is 5.91 Å². The van der Waals surface area contributed by atoms with Crippen molar-refractivity contribution in [1.29, 1.82) is 0 Å². The summed E-state index contributed by atoms with van der Waals surface area (Å²) in [6.45, 7) is 2.84. The lowest BCUT2D eigenvalue weighted by atomic mass is 10.2. The van der Waals surface area contributed by atoms with Gasteiger partial charge in [0, 0.05) is 25.5 Å². The molecule has 0 unspecified atom stereocenters. The molecule has 5 nitrogen and oxygen atoms in total. The molecule has 1 heterocycles. The van der Waals surface area contributed by atoms with Crippen molar-refractivity contribution in [2.75, 3.05) is 24.8 Å². The minimum Gasteiger partial charge on any atom is -0.497 e. The molecule has 0 atom stereocenters. The van der Waals surface area contributed by atoms with Crippen LogP contribution in [0.5, 0.6) is 5.75 Å². The van der Waals surface area contributed by atoms with E-state index in [0.29, 0.717) is 11.4 Å². The van der Waals surface area contributed by atoms with Crippen molar-refractivity contribution in [2.24, 2.45) is 0 Å². The van der Waals surface area contributed by atoms with Gasteiger partial charge in [0.05, 0.1) is 12.8 Å². The molecule has 0 saturated carbocycles. The SMILES string of the molecule is CCCn1cc(N)cc1C(=O)N(C)c1ccc(OC)cc1. The Labute approximate surface area is 124 Å². The minimum atomic E-state index is -0.0784. The Hall–Kier alpha value is -2.43. The quantitative estimate of drug-likeness (QED) is 0.920. The van der Waals surface area contributed by atoms with Crippen molar-refractivity contribution in [2.45, 2.75) is 19.9 Å². The zero-order chi connectivity index (χ0) is 15.4. The van der Waals surface area contributed by atoms with E-state index in [9.17, 15) is 4.79 Å². The van der Waals surface area contributed by atoms with Gasteiger partial charge in [0.1, 0.15) is 11.4 Å². The fourth-order valence-corrected chi connectivity index (χ4v) is 2.23. The first-order valence-electron chi connectivity index (χ1n) is 6.94. The van der Waals surface area contributed by atoms with Crippen molar-refractivity contribution < 1.29 is 9.53 Å². The van der Waals surface area contributed by atoms with Crippen molar-refractivity contribution in [3.8, 4) is 5.75 Å². The summed E-state index contributed by atoms with van der Waals surface area (Å²) in [6.07, 6.45) is 2.75. The molecule has 2 aromatic rings. The average Bonchev–Trinajstić information content (AvgIpc) is 2.87. The number of carbonyl (C=O) groups excluding carboxylic acids is 1. The Morgan fingerprint density at radius 1 is 1.33 bits per heavy atom. The van der Waals surface area contributed by atoms with E-state index in [1.807, 2.05) is 28.8 Å². The van der Waals surface area contributed by atoms with Gasteiger partial charge in [-0.3, -0.25) is 4.79 Å². The monoisotopic (exact) mass is 287 g/mol. The molecule has 0 saturated heterocycles. The Kier molecular flexibility index (Phi) is 4.52. The number of nitrogens with two attached hydrogens (primary N) is 1. The number of hydrogen-bond acceptors (Lipinski definition) is 3. The number of anilines is 2. The molecular formula is C16H21N3O2. The summed E-state index contributed by atoms with van der Waals surface area (Å²) in [7, 11) is 3.37. The first kappa shape index (κ1) is 15.0. The molecule has 1 aromatic heterocycles. The number of carbonyl (C=O) groups is 1. The zero-order valence-corrected chi connectivity index (χ0v) is 12.7. The normalized spacial score (nSPS) is 10.4. The third-order valence-electron chi connectivity index (χ3n) is 3.37. The maximum Gasteiger partial charge on any atom is 0.274 e. The van der Waals surface area contributed by atoms with Crippen LogP contribution in [0.25, 0.3) is 0 Å². The van der Waals surface area contributed by atoms with E-state index in [-0.39, 0.29) is 5.91 Å². The van der Waals surface area contributed by atoms with Crippen LogP contribution in [0, 0.1) is 0 Å². The molecule has 5 heteroatoms. The van der Waals surface area contributed by atoms with Crippen LogP contribution in [-0.4, -0.2) is 24.6 Å². The molecule has 0 spiro atoms. The van der Waals surface area contributed by atoms with Crippen molar-refractivity contribution >= 4 is 17.3 Å². The molecule has 0 fully saturated rings. The van der Waals surface area contributed by atoms with E-state index in [2.05, 4.69) is 6.92 Å².